The van der Waals surface area contributed by atoms with Crippen molar-refractivity contribution in [1.82, 2.24) is 9.97 Å². The van der Waals surface area contributed by atoms with Crippen LogP contribution in [0.3, 0.4) is 0 Å². The summed E-state index contributed by atoms with van der Waals surface area (Å²) in [6.45, 7) is -0.0281. The zero-order valence-corrected chi connectivity index (χ0v) is 18.3. The highest BCUT2D eigenvalue weighted by molar-refractivity contribution is 7.89. The lowest BCUT2D eigenvalue weighted by molar-refractivity contribution is -0.137. The van der Waals surface area contributed by atoms with Crippen LogP contribution in [-0.4, -0.2) is 43.9 Å². The summed E-state index contributed by atoms with van der Waals surface area (Å²) in [6.07, 6.45) is -4.12. The zero-order chi connectivity index (χ0) is 24.5. The smallest absolute Gasteiger partial charge is 0.345 e. The Hall–Kier alpha value is -3.71. The third kappa shape index (κ3) is 5.10. The first-order valence-electron chi connectivity index (χ1n) is 9.97. The average Bonchev–Trinajstić information content (AvgIpc) is 2.78. The van der Waals surface area contributed by atoms with Crippen LogP contribution in [0.4, 0.5) is 36.3 Å². The van der Waals surface area contributed by atoms with E-state index < -0.39 is 27.6 Å². The second kappa shape index (κ2) is 8.91. The maximum absolute atomic E-state index is 13.7. The Kier molecular flexibility index (Phi) is 6.15. The van der Waals surface area contributed by atoms with Gasteiger partial charge in [0.15, 0.2) is 0 Å². The summed E-state index contributed by atoms with van der Waals surface area (Å²) in [5, 5.41) is 7.81. The van der Waals surface area contributed by atoms with Gasteiger partial charge in [-0.3, -0.25) is 4.79 Å². The van der Waals surface area contributed by atoms with E-state index >= 15 is 0 Å². The molecule has 13 heteroatoms. The molecule has 1 fully saturated rings. The molecule has 4 rings (SSSR count). The van der Waals surface area contributed by atoms with E-state index in [0.717, 1.165) is 0 Å². The molecule has 178 valence electrons. The number of benzene rings is 2. The van der Waals surface area contributed by atoms with Crippen LogP contribution in [0.2, 0.25) is 0 Å². The maximum atomic E-state index is 13.7. The monoisotopic (exact) mass is 492 g/mol. The SMILES string of the molecule is NS(=O)(=O)c1cccc(Nc2ncc(C(F)(F)F)c(N3CCN(c4ccccc4)C(=O)C3)n2)c1. The van der Waals surface area contributed by atoms with Crippen LogP contribution in [-0.2, 0) is 21.0 Å². The number of amides is 1. The second-order valence-electron chi connectivity index (χ2n) is 7.43. The molecule has 1 aliphatic heterocycles. The van der Waals surface area contributed by atoms with Gasteiger partial charge >= 0.3 is 6.18 Å². The van der Waals surface area contributed by atoms with Crippen LogP contribution < -0.4 is 20.3 Å². The second-order valence-corrected chi connectivity index (χ2v) is 8.99. The number of halogens is 3. The molecule has 0 unspecified atom stereocenters. The Morgan fingerprint density at radius 3 is 2.41 bits per heavy atom. The molecule has 2 aromatic carbocycles. The number of aromatic nitrogens is 2. The number of primary sulfonamides is 1. The number of hydrogen-bond donors (Lipinski definition) is 2. The first kappa shape index (κ1) is 23.4. The van der Waals surface area contributed by atoms with Crippen molar-refractivity contribution in [3.05, 3.63) is 66.4 Å². The number of nitrogens with one attached hydrogen (secondary N) is 1. The lowest BCUT2D eigenvalue weighted by Gasteiger charge is -2.35. The number of para-hydroxylation sites is 1. The molecule has 3 N–H and O–H groups in total. The van der Waals surface area contributed by atoms with Crippen molar-refractivity contribution < 1.29 is 26.4 Å². The number of hydrogen-bond acceptors (Lipinski definition) is 7. The van der Waals surface area contributed by atoms with E-state index in [1.54, 1.807) is 30.3 Å². The minimum Gasteiger partial charge on any atom is -0.345 e. The predicted octanol–water partition coefficient (Wildman–Crippen LogP) is 2.74. The number of alkyl halides is 3. The van der Waals surface area contributed by atoms with Gasteiger partial charge in [0.1, 0.15) is 11.4 Å². The lowest BCUT2D eigenvalue weighted by Crippen LogP contribution is -2.51. The summed E-state index contributed by atoms with van der Waals surface area (Å²) in [7, 11) is -3.98. The standard InChI is InChI=1S/C21H19F3N6O3S/c22-21(23,24)17-12-26-20(27-14-5-4-8-16(11-14)34(25,32)33)28-19(17)29-9-10-30(18(31)13-29)15-6-2-1-3-7-15/h1-8,11-12H,9-10,13H2,(H2,25,32,33)(H,26,27,28). The van der Waals surface area contributed by atoms with Crippen molar-refractivity contribution in [1.29, 1.82) is 0 Å². The van der Waals surface area contributed by atoms with Crippen LogP contribution in [0.1, 0.15) is 5.56 Å². The molecule has 1 saturated heterocycles. The number of nitrogens with zero attached hydrogens (tertiary/aromatic N) is 4. The topological polar surface area (TPSA) is 122 Å². The molecule has 9 nitrogen and oxygen atoms in total. The van der Waals surface area contributed by atoms with Gasteiger partial charge in [-0.2, -0.15) is 18.2 Å². The quantitative estimate of drug-likeness (QED) is 0.562. The number of rotatable bonds is 5. The molecule has 0 radical (unpaired) electrons. The van der Waals surface area contributed by atoms with Crippen molar-refractivity contribution >= 4 is 39.1 Å². The van der Waals surface area contributed by atoms with Crippen molar-refractivity contribution in [2.75, 3.05) is 34.8 Å². The third-order valence-corrected chi connectivity index (χ3v) is 5.99. The van der Waals surface area contributed by atoms with Gasteiger partial charge in [0.2, 0.25) is 21.9 Å². The summed E-state index contributed by atoms with van der Waals surface area (Å²) in [5.74, 6) is -1.03. The molecule has 3 aromatic rings. The van der Waals surface area contributed by atoms with Gasteiger partial charge in [0.05, 0.1) is 11.4 Å². The fourth-order valence-electron chi connectivity index (χ4n) is 3.49. The molecule has 0 bridgehead atoms. The van der Waals surface area contributed by atoms with Gasteiger partial charge < -0.3 is 15.1 Å². The number of carbonyl (C=O) groups is 1. The number of piperazine rings is 1. The summed E-state index contributed by atoms with van der Waals surface area (Å²) in [5.41, 5.74) is -0.220. The van der Waals surface area contributed by atoms with Crippen molar-refractivity contribution in [2.45, 2.75) is 11.1 Å². The maximum Gasteiger partial charge on any atom is 0.421 e. The Morgan fingerprint density at radius 2 is 1.76 bits per heavy atom. The van der Waals surface area contributed by atoms with Gasteiger partial charge in [-0.15, -0.1) is 0 Å². The molecular formula is C21H19F3N6O3S. The van der Waals surface area contributed by atoms with Crippen molar-refractivity contribution in [3.63, 3.8) is 0 Å². The molecule has 0 spiro atoms. The lowest BCUT2D eigenvalue weighted by atomic mass is 10.2. The Balaban J connectivity index is 1.63. The number of anilines is 4. The Morgan fingerprint density at radius 1 is 1.03 bits per heavy atom. The molecule has 0 saturated carbocycles. The highest BCUT2D eigenvalue weighted by Gasteiger charge is 2.38. The molecular weight excluding hydrogens is 473 g/mol. The van der Waals surface area contributed by atoms with Gasteiger partial charge in [-0.1, -0.05) is 24.3 Å². The average molecular weight is 492 g/mol. The number of sulfonamides is 1. The molecule has 2 heterocycles. The number of nitrogens with two attached hydrogens (primary N) is 1. The van der Waals surface area contributed by atoms with Crippen LogP contribution >= 0.6 is 0 Å². The zero-order valence-electron chi connectivity index (χ0n) is 17.5. The van der Waals surface area contributed by atoms with E-state index in [9.17, 15) is 26.4 Å². The van der Waals surface area contributed by atoms with E-state index in [0.29, 0.717) is 11.9 Å². The third-order valence-electron chi connectivity index (χ3n) is 5.08. The van der Waals surface area contributed by atoms with Crippen LogP contribution in [0, 0.1) is 0 Å². The molecule has 34 heavy (non-hydrogen) atoms. The molecule has 1 aromatic heterocycles. The van der Waals surface area contributed by atoms with Gasteiger partial charge in [-0.05, 0) is 30.3 Å². The summed E-state index contributed by atoms with van der Waals surface area (Å²) < 4.78 is 64.2. The molecule has 1 aliphatic rings. The minimum absolute atomic E-state index is 0.112. The summed E-state index contributed by atoms with van der Waals surface area (Å²) in [4.78, 5) is 23.0. The highest BCUT2D eigenvalue weighted by atomic mass is 32.2. The highest BCUT2D eigenvalue weighted by Crippen LogP contribution is 2.36. The van der Waals surface area contributed by atoms with Gasteiger partial charge in [0, 0.05) is 30.7 Å². The first-order valence-corrected chi connectivity index (χ1v) is 11.5. The predicted molar refractivity (Wildman–Crippen MR) is 119 cm³/mol. The summed E-state index contributed by atoms with van der Waals surface area (Å²) >= 11 is 0. The van der Waals surface area contributed by atoms with Crippen LogP contribution in [0.25, 0.3) is 0 Å². The van der Waals surface area contributed by atoms with Crippen molar-refractivity contribution in [2.24, 2.45) is 5.14 Å². The van der Waals surface area contributed by atoms with Gasteiger partial charge in [-0.25, -0.2) is 18.5 Å². The first-order chi connectivity index (χ1) is 16.0. The van der Waals surface area contributed by atoms with Crippen molar-refractivity contribution in [3.8, 4) is 0 Å². The molecule has 0 aliphatic carbocycles. The largest absolute Gasteiger partial charge is 0.421 e. The number of carbonyl (C=O) groups excluding carboxylic acids is 1. The van der Waals surface area contributed by atoms with E-state index in [2.05, 4.69) is 15.3 Å². The van der Waals surface area contributed by atoms with Crippen LogP contribution in [0.15, 0.2) is 65.7 Å². The fraction of sp³-hybridized carbons (Fsp3) is 0.190. The molecule has 0 atom stereocenters. The minimum atomic E-state index is -4.75. The normalized spacial score (nSPS) is 14.9. The molecule has 1 amide bonds. The Bertz CT molecular complexity index is 1320. The van der Waals surface area contributed by atoms with Gasteiger partial charge in [0.25, 0.3) is 0 Å². The van der Waals surface area contributed by atoms with E-state index in [1.165, 1.54) is 34.1 Å². The van der Waals surface area contributed by atoms with E-state index in [-0.39, 0.29) is 42.1 Å². The van der Waals surface area contributed by atoms with E-state index in [4.69, 9.17) is 5.14 Å². The van der Waals surface area contributed by atoms with E-state index in [1.807, 2.05) is 0 Å². The van der Waals surface area contributed by atoms with Crippen LogP contribution in [0.5, 0.6) is 0 Å². The summed E-state index contributed by atoms with van der Waals surface area (Å²) in [6, 6.07) is 14.2. The fourth-order valence-corrected chi connectivity index (χ4v) is 4.05. The Labute approximate surface area is 193 Å².